The van der Waals surface area contributed by atoms with Crippen LogP contribution in [0, 0.1) is 0 Å². The molecule has 0 heterocycles. The third kappa shape index (κ3) is 13.1. The molecular formula is C12H24N2O9P2. The molecule has 0 aromatic heterocycles. The first-order valence-electron chi connectivity index (χ1n) is 7.16. The molecule has 0 unspecified atom stereocenters. The van der Waals surface area contributed by atoms with Crippen molar-refractivity contribution in [3.8, 4) is 0 Å². The molecule has 0 aromatic carbocycles. The van der Waals surface area contributed by atoms with Gasteiger partial charge in [-0.15, -0.1) is 0 Å². The van der Waals surface area contributed by atoms with Gasteiger partial charge in [0.1, 0.15) is 6.04 Å². The quantitative estimate of drug-likeness (QED) is 0.202. The van der Waals surface area contributed by atoms with Crippen molar-refractivity contribution >= 4 is 21.2 Å². The lowest BCUT2D eigenvalue weighted by atomic mass is 10.1. The summed E-state index contributed by atoms with van der Waals surface area (Å²) < 4.78 is 21.6. The van der Waals surface area contributed by atoms with Crippen LogP contribution in [-0.4, -0.2) is 72.4 Å². The van der Waals surface area contributed by atoms with Crippen LogP contribution in [0.1, 0.15) is 12.8 Å². The maximum atomic E-state index is 11.5. The molecule has 11 nitrogen and oxygen atoms in total. The average Bonchev–Trinajstić information content (AvgIpc) is 2.43. The van der Waals surface area contributed by atoms with Gasteiger partial charge in [0, 0.05) is 31.3 Å². The van der Waals surface area contributed by atoms with Gasteiger partial charge in [0.2, 0.25) is 0 Å². The lowest BCUT2D eigenvalue weighted by Crippen LogP contribution is -2.42. The molecule has 146 valence electrons. The summed E-state index contributed by atoms with van der Waals surface area (Å²) in [5, 5.41) is 18.8. The molecule has 25 heavy (non-hydrogen) atoms. The van der Waals surface area contributed by atoms with E-state index in [1.165, 1.54) is 4.90 Å². The van der Waals surface area contributed by atoms with Gasteiger partial charge in [-0.25, -0.2) is 0 Å². The van der Waals surface area contributed by atoms with Gasteiger partial charge >= 0.3 is 21.2 Å². The number of rotatable bonds is 12. The van der Waals surface area contributed by atoms with E-state index in [1.807, 2.05) is 0 Å². The van der Waals surface area contributed by atoms with E-state index in [-0.39, 0.29) is 32.5 Å². The summed E-state index contributed by atoms with van der Waals surface area (Å²) in [6, 6.07) is -1.15. The van der Waals surface area contributed by atoms with Crippen molar-refractivity contribution < 1.29 is 43.7 Å². The molecule has 0 spiro atoms. The van der Waals surface area contributed by atoms with Crippen LogP contribution in [0.25, 0.3) is 0 Å². The number of aliphatic hydroxyl groups is 1. The molecule has 2 atom stereocenters. The Kier molecular flexibility index (Phi) is 10.6. The topological polar surface area (TPSA) is 202 Å². The third-order valence-corrected chi connectivity index (χ3v) is 4.25. The minimum Gasteiger partial charge on any atom is -0.480 e. The molecule has 0 fully saturated rings. The van der Waals surface area contributed by atoms with E-state index in [2.05, 4.69) is 0 Å². The average molecular weight is 402 g/mol. The molecule has 0 aromatic rings. The van der Waals surface area contributed by atoms with Crippen molar-refractivity contribution in [3.05, 3.63) is 23.8 Å². The van der Waals surface area contributed by atoms with Crippen LogP contribution in [0.15, 0.2) is 23.8 Å². The van der Waals surface area contributed by atoms with Gasteiger partial charge in [0.05, 0.1) is 6.10 Å². The second-order valence-electron chi connectivity index (χ2n) is 5.22. The first-order valence-corrected chi connectivity index (χ1v) is 10.5. The maximum absolute atomic E-state index is 11.5. The largest absolute Gasteiger partial charge is 0.480 e. The fourth-order valence-electron chi connectivity index (χ4n) is 1.90. The van der Waals surface area contributed by atoms with Gasteiger partial charge in [0.15, 0.2) is 0 Å². The highest BCUT2D eigenvalue weighted by atomic mass is 31.2. The Hall–Kier alpha value is -0.870. The molecule has 8 N–H and O–H groups in total. The summed E-state index contributed by atoms with van der Waals surface area (Å²) in [6.45, 7) is -0.429. The first kappa shape index (κ1) is 24.1. The first-order chi connectivity index (χ1) is 11.4. The Morgan fingerprint density at radius 1 is 1.00 bits per heavy atom. The van der Waals surface area contributed by atoms with Crippen molar-refractivity contribution in [2.45, 2.75) is 25.0 Å². The zero-order chi connectivity index (χ0) is 19.7. The van der Waals surface area contributed by atoms with Crippen molar-refractivity contribution in [2.75, 3.05) is 19.6 Å². The van der Waals surface area contributed by atoms with E-state index in [1.54, 1.807) is 0 Å². The van der Waals surface area contributed by atoms with Crippen molar-refractivity contribution in [1.82, 2.24) is 4.90 Å². The van der Waals surface area contributed by atoms with Crippen LogP contribution in [0.3, 0.4) is 0 Å². The van der Waals surface area contributed by atoms with E-state index >= 15 is 0 Å². The number of hydrogen-bond acceptors (Lipinski definition) is 6. The van der Waals surface area contributed by atoms with E-state index < -0.39 is 33.3 Å². The number of carboxylic acids is 1. The van der Waals surface area contributed by atoms with Gasteiger partial charge < -0.3 is 35.5 Å². The third-order valence-electron chi connectivity index (χ3n) is 3.05. The van der Waals surface area contributed by atoms with Crippen molar-refractivity contribution in [2.24, 2.45) is 5.73 Å². The van der Waals surface area contributed by atoms with Crippen LogP contribution in [0.2, 0.25) is 0 Å². The van der Waals surface area contributed by atoms with E-state index in [4.69, 9.17) is 25.3 Å². The smallest absolute Gasteiger partial charge is 0.348 e. The fourth-order valence-corrected chi connectivity index (χ4v) is 2.64. The second-order valence-corrected chi connectivity index (χ2v) is 8.18. The van der Waals surface area contributed by atoms with Crippen LogP contribution in [0.4, 0.5) is 0 Å². The number of hydrogen-bond donors (Lipinski definition) is 7. The van der Waals surface area contributed by atoms with E-state index in [0.717, 1.165) is 12.2 Å². The van der Waals surface area contributed by atoms with Crippen LogP contribution >= 0.6 is 15.2 Å². The van der Waals surface area contributed by atoms with E-state index in [9.17, 15) is 24.1 Å². The lowest BCUT2D eigenvalue weighted by Gasteiger charge is -2.27. The standard InChI is InChI=1S/C12H24N2O9P2/c13-9-10(15)3-4-11(12(16)17)14(5-1-7-24(18,19)20)6-2-8-25(21,22)23/h1-2,7-8,10-11,15H,3-6,9,13H2,(H,16,17)(H2,18,19,20)(H2,21,22,23)/t10-,11+/m1/s1. The van der Waals surface area contributed by atoms with Gasteiger partial charge in [0.25, 0.3) is 0 Å². The summed E-state index contributed by atoms with van der Waals surface area (Å²) in [5.74, 6) is -0.0286. The highest BCUT2D eigenvalue weighted by Crippen LogP contribution is 2.36. The highest BCUT2D eigenvalue weighted by Gasteiger charge is 2.25. The number of carbonyl (C=O) groups is 1. The molecular weight excluding hydrogens is 378 g/mol. The number of nitrogens with zero attached hydrogens (tertiary/aromatic N) is 1. The second kappa shape index (κ2) is 11.0. The molecule has 0 saturated carbocycles. The maximum Gasteiger partial charge on any atom is 0.348 e. The normalized spacial score (nSPS) is 16.0. The SMILES string of the molecule is NC[C@H](O)CC[C@@H](C(=O)O)N(CC=CP(=O)(O)O)CC=CP(=O)(O)O. The number of carboxylic acid groups (broad SMARTS) is 1. The summed E-state index contributed by atoms with van der Waals surface area (Å²) in [4.78, 5) is 47.9. The molecule has 0 amide bonds. The minimum absolute atomic E-state index is 0.0127. The van der Waals surface area contributed by atoms with Gasteiger partial charge in [-0.3, -0.25) is 18.8 Å². The van der Waals surface area contributed by atoms with Crippen molar-refractivity contribution in [3.63, 3.8) is 0 Å². The highest BCUT2D eigenvalue weighted by molar-refractivity contribution is 7.55. The minimum atomic E-state index is -4.42. The van der Waals surface area contributed by atoms with E-state index in [0.29, 0.717) is 11.6 Å². The molecule has 0 saturated heterocycles. The molecule has 0 aliphatic heterocycles. The lowest BCUT2D eigenvalue weighted by molar-refractivity contribution is -0.143. The van der Waals surface area contributed by atoms with Crippen LogP contribution < -0.4 is 5.73 Å². The van der Waals surface area contributed by atoms with Gasteiger partial charge in [-0.1, -0.05) is 12.2 Å². The summed E-state index contributed by atoms with van der Waals surface area (Å²) in [7, 11) is -8.84. The summed E-state index contributed by atoms with van der Waals surface area (Å²) in [5.41, 5.74) is 5.26. The molecule has 0 aliphatic rings. The zero-order valence-electron chi connectivity index (χ0n) is 13.3. The molecule has 13 heteroatoms. The Labute approximate surface area is 144 Å². The molecule has 0 bridgehead atoms. The molecule has 0 rings (SSSR count). The van der Waals surface area contributed by atoms with Gasteiger partial charge in [-0.2, -0.15) is 0 Å². The Morgan fingerprint density at radius 3 is 1.76 bits per heavy atom. The number of aliphatic carboxylic acids is 1. The van der Waals surface area contributed by atoms with Gasteiger partial charge in [-0.05, 0) is 12.8 Å². The zero-order valence-corrected chi connectivity index (χ0v) is 15.1. The summed E-state index contributed by atoms with van der Waals surface area (Å²) in [6.07, 6.45) is 1.30. The monoisotopic (exact) mass is 402 g/mol. The fraction of sp³-hybridized carbons (Fsp3) is 0.583. The predicted octanol–water partition coefficient (Wildman–Crippen LogP) is -0.776. The predicted molar refractivity (Wildman–Crippen MR) is 89.7 cm³/mol. The Bertz CT molecular complexity index is 535. The molecule has 0 radical (unpaired) electrons. The number of aliphatic hydroxyl groups excluding tert-OH is 1. The Balaban J connectivity index is 5.22. The summed E-state index contributed by atoms with van der Waals surface area (Å²) >= 11 is 0. The Morgan fingerprint density at radius 2 is 1.44 bits per heavy atom. The van der Waals surface area contributed by atoms with Crippen molar-refractivity contribution in [1.29, 1.82) is 0 Å². The molecule has 0 aliphatic carbocycles. The van der Waals surface area contributed by atoms with Crippen LogP contribution in [-0.2, 0) is 13.9 Å². The van der Waals surface area contributed by atoms with Crippen LogP contribution in [0.5, 0.6) is 0 Å². The number of nitrogens with two attached hydrogens (primary N) is 1.